The molecule has 0 atom stereocenters. The minimum absolute atomic E-state index is 0.0442. The number of hydrogen-bond acceptors (Lipinski definition) is 3. The highest BCUT2D eigenvalue weighted by Crippen LogP contribution is 2.41. The Morgan fingerprint density at radius 2 is 1.55 bits per heavy atom. The Morgan fingerprint density at radius 1 is 1.00 bits per heavy atom. The highest BCUT2D eigenvalue weighted by molar-refractivity contribution is 5.81. The van der Waals surface area contributed by atoms with Crippen molar-refractivity contribution in [2.24, 2.45) is 5.41 Å². The van der Waals surface area contributed by atoms with E-state index in [0.717, 1.165) is 25.7 Å². The molecule has 2 fully saturated rings. The van der Waals surface area contributed by atoms with Crippen LogP contribution in [0.25, 0.3) is 0 Å². The van der Waals surface area contributed by atoms with Crippen molar-refractivity contribution >= 4 is 5.97 Å². The highest BCUT2D eigenvalue weighted by Gasteiger charge is 2.45. The van der Waals surface area contributed by atoms with E-state index in [1.165, 1.54) is 45.6 Å². The minimum atomic E-state index is -0.417. The standard InChI is InChI=1S/C17H31NO2/c1-16(2)10-12-17(13-11-16,15(19)20-3)18-14-8-6-4-5-7-9-14/h14,18H,4-13H2,1-3H3. The molecule has 0 radical (unpaired) electrons. The molecule has 0 aromatic carbocycles. The zero-order valence-electron chi connectivity index (χ0n) is 13.5. The summed E-state index contributed by atoms with van der Waals surface area (Å²) in [4.78, 5) is 12.4. The van der Waals surface area contributed by atoms with Crippen LogP contribution in [0.2, 0.25) is 0 Å². The van der Waals surface area contributed by atoms with Gasteiger partial charge in [-0.3, -0.25) is 10.1 Å². The number of rotatable bonds is 3. The predicted molar refractivity (Wildman–Crippen MR) is 81.6 cm³/mol. The van der Waals surface area contributed by atoms with Gasteiger partial charge in [0.2, 0.25) is 0 Å². The SMILES string of the molecule is COC(=O)C1(NC2CCCCCC2)CCC(C)(C)CC1. The smallest absolute Gasteiger partial charge is 0.326 e. The van der Waals surface area contributed by atoms with E-state index in [-0.39, 0.29) is 5.97 Å². The van der Waals surface area contributed by atoms with Gasteiger partial charge in [0.05, 0.1) is 7.11 Å². The largest absolute Gasteiger partial charge is 0.468 e. The number of carbonyl (C=O) groups excluding carboxylic acids is 1. The average molecular weight is 281 g/mol. The molecule has 3 nitrogen and oxygen atoms in total. The quantitative estimate of drug-likeness (QED) is 0.631. The molecule has 1 N–H and O–H groups in total. The molecule has 0 amide bonds. The van der Waals surface area contributed by atoms with Crippen LogP contribution < -0.4 is 5.32 Å². The summed E-state index contributed by atoms with van der Waals surface area (Å²) in [5, 5.41) is 3.73. The highest BCUT2D eigenvalue weighted by atomic mass is 16.5. The number of carbonyl (C=O) groups is 1. The first-order valence-corrected chi connectivity index (χ1v) is 8.34. The van der Waals surface area contributed by atoms with E-state index in [9.17, 15) is 4.79 Å². The third-order valence-electron chi connectivity index (χ3n) is 5.37. The maximum atomic E-state index is 12.4. The number of nitrogens with one attached hydrogen (secondary N) is 1. The fourth-order valence-corrected chi connectivity index (χ4v) is 3.77. The van der Waals surface area contributed by atoms with Crippen LogP contribution in [0.5, 0.6) is 0 Å². The van der Waals surface area contributed by atoms with Gasteiger partial charge in [-0.05, 0) is 43.9 Å². The van der Waals surface area contributed by atoms with Crippen LogP contribution >= 0.6 is 0 Å². The molecule has 2 aliphatic carbocycles. The van der Waals surface area contributed by atoms with Crippen molar-refractivity contribution < 1.29 is 9.53 Å². The summed E-state index contributed by atoms with van der Waals surface area (Å²) >= 11 is 0. The molecule has 0 unspecified atom stereocenters. The van der Waals surface area contributed by atoms with E-state index >= 15 is 0 Å². The summed E-state index contributed by atoms with van der Waals surface area (Å²) < 4.78 is 5.13. The molecule has 0 bridgehead atoms. The van der Waals surface area contributed by atoms with Crippen LogP contribution in [0, 0.1) is 5.41 Å². The lowest BCUT2D eigenvalue weighted by atomic mass is 9.69. The van der Waals surface area contributed by atoms with E-state index < -0.39 is 5.54 Å². The van der Waals surface area contributed by atoms with Crippen LogP contribution in [0.15, 0.2) is 0 Å². The van der Waals surface area contributed by atoms with Gasteiger partial charge in [-0.2, -0.15) is 0 Å². The molecular weight excluding hydrogens is 250 g/mol. The molecule has 0 spiro atoms. The predicted octanol–water partition coefficient (Wildman–Crippen LogP) is 3.81. The Morgan fingerprint density at radius 3 is 2.05 bits per heavy atom. The van der Waals surface area contributed by atoms with Crippen LogP contribution in [0.1, 0.15) is 78.1 Å². The Labute approximate surface area is 123 Å². The van der Waals surface area contributed by atoms with E-state index in [0.29, 0.717) is 11.5 Å². The Hall–Kier alpha value is -0.570. The normalized spacial score (nSPS) is 26.8. The molecule has 0 aromatic rings. The lowest BCUT2D eigenvalue weighted by Gasteiger charge is -2.43. The fraction of sp³-hybridized carbons (Fsp3) is 0.941. The van der Waals surface area contributed by atoms with Crippen molar-refractivity contribution in [3.05, 3.63) is 0 Å². The first-order chi connectivity index (χ1) is 9.47. The molecule has 2 aliphatic rings. The summed E-state index contributed by atoms with van der Waals surface area (Å²) in [6.07, 6.45) is 11.7. The summed E-state index contributed by atoms with van der Waals surface area (Å²) in [6.45, 7) is 4.61. The lowest BCUT2D eigenvalue weighted by molar-refractivity contribution is -0.151. The molecule has 20 heavy (non-hydrogen) atoms. The lowest BCUT2D eigenvalue weighted by Crippen LogP contribution is -2.58. The van der Waals surface area contributed by atoms with Gasteiger partial charge in [-0.1, -0.05) is 39.5 Å². The second kappa shape index (κ2) is 6.46. The summed E-state index contributed by atoms with van der Waals surface area (Å²) in [5.74, 6) is -0.0442. The topological polar surface area (TPSA) is 38.3 Å². The third kappa shape index (κ3) is 3.75. The molecule has 0 aliphatic heterocycles. The van der Waals surface area contributed by atoms with Crippen LogP contribution in [-0.2, 0) is 9.53 Å². The Bertz CT molecular complexity index is 320. The second-order valence-corrected chi connectivity index (χ2v) is 7.57. The van der Waals surface area contributed by atoms with Gasteiger partial charge >= 0.3 is 5.97 Å². The summed E-state index contributed by atoms with van der Waals surface area (Å²) in [6, 6.07) is 0.498. The average Bonchev–Trinajstić information content (AvgIpc) is 2.69. The van der Waals surface area contributed by atoms with Crippen LogP contribution in [-0.4, -0.2) is 24.7 Å². The maximum absolute atomic E-state index is 12.4. The fourth-order valence-electron chi connectivity index (χ4n) is 3.77. The van der Waals surface area contributed by atoms with Gasteiger partial charge in [0.1, 0.15) is 5.54 Å². The van der Waals surface area contributed by atoms with E-state index in [1.54, 1.807) is 0 Å². The van der Waals surface area contributed by atoms with Gasteiger partial charge in [0.25, 0.3) is 0 Å². The van der Waals surface area contributed by atoms with Crippen molar-refractivity contribution in [2.45, 2.75) is 89.6 Å². The monoisotopic (exact) mass is 281 g/mol. The van der Waals surface area contributed by atoms with E-state index in [1.807, 2.05) is 0 Å². The second-order valence-electron chi connectivity index (χ2n) is 7.57. The first-order valence-electron chi connectivity index (χ1n) is 8.34. The minimum Gasteiger partial charge on any atom is -0.468 e. The molecule has 2 saturated carbocycles. The van der Waals surface area contributed by atoms with Crippen LogP contribution in [0.4, 0.5) is 0 Å². The molecule has 116 valence electrons. The van der Waals surface area contributed by atoms with Crippen molar-refractivity contribution in [1.29, 1.82) is 0 Å². The summed E-state index contributed by atoms with van der Waals surface area (Å²) in [5.41, 5.74) is -0.0536. The summed E-state index contributed by atoms with van der Waals surface area (Å²) in [7, 11) is 1.53. The Balaban J connectivity index is 2.05. The van der Waals surface area contributed by atoms with Crippen molar-refractivity contribution in [1.82, 2.24) is 5.32 Å². The van der Waals surface area contributed by atoms with Crippen molar-refractivity contribution in [2.75, 3.05) is 7.11 Å². The molecule has 0 aromatic heterocycles. The van der Waals surface area contributed by atoms with Gasteiger partial charge in [-0.25, -0.2) is 0 Å². The zero-order valence-corrected chi connectivity index (χ0v) is 13.5. The third-order valence-corrected chi connectivity index (χ3v) is 5.37. The van der Waals surface area contributed by atoms with Gasteiger partial charge < -0.3 is 4.74 Å². The molecule has 3 heteroatoms. The van der Waals surface area contributed by atoms with Gasteiger partial charge in [0.15, 0.2) is 0 Å². The number of esters is 1. The van der Waals surface area contributed by atoms with Crippen molar-refractivity contribution in [3.63, 3.8) is 0 Å². The number of hydrogen-bond donors (Lipinski definition) is 1. The molecule has 2 rings (SSSR count). The number of ether oxygens (including phenoxy) is 1. The maximum Gasteiger partial charge on any atom is 0.326 e. The van der Waals surface area contributed by atoms with Gasteiger partial charge in [-0.15, -0.1) is 0 Å². The van der Waals surface area contributed by atoms with Gasteiger partial charge in [0, 0.05) is 6.04 Å². The van der Waals surface area contributed by atoms with E-state index in [4.69, 9.17) is 4.74 Å². The first kappa shape index (κ1) is 15.8. The van der Waals surface area contributed by atoms with Crippen LogP contribution in [0.3, 0.4) is 0 Å². The molecule has 0 heterocycles. The number of methoxy groups -OCH3 is 1. The molecular formula is C17H31NO2. The van der Waals surface area contributed by atoms with Crippen molar-refractivity contribution in [3.8, 4) is 0 Å². The zero-order chi connectivity index (χ0) is 14.6. The molecule has 0 saturated heterocycles. The van der Waals surface area contributed by atoms with E-state index in [2.05, 4.69) is 19.2 Å². The Kier molecular flexibility index (Phi) is 5.11.